The van der Waals surface area contributed by atoms with E-state index in [0.29, 0.717) is 11.6 Å². The molecule has 28 heavy (non-hydrogen) atoms. The lowest BCUT2D eigenvalue weighted by Gasteiger charge is -2.31. The Morgan fingerprint density at radius 2 is 1.75 bits per heavy atom. The highest BCUT2D eigenvalue weighted by Gasteiger charge is 2.28. The molecule has 6 heteroatoms. The van der Waals surface area contributed by atoms with Crippen LogP contribution in [0.15, 0.2) is 53.0 Å². The first-order valence-electron chi connectivity index (χ1n) is 9.15. The zero-order valence-corrected chi connectivity index (χ0v) is 19.0. The van der Waals surface area contributed by atoms with Crippen molar-refractivity contribution >= 4 is 39.3 Å². The molecule has 0 aliphatic heterocycles. The van der Waals surface area contributed by atoms with Crippen LogP contribution in [-0.4, -0.2) is 28.3 Å². The Morgan fingerprint density at radius 3 is 2.36 bits per heavy atom. The van der Waals surface area contributed by atoms with Gasteiger partial charge in [-0.15, -0.1) is 0 Å². The molecule has 1 atom stereocenters. The molecule has 0 spiro atoms. The van der Waals surface area contributed by atoms with Crippen molar-refractivity contribution in [1.82, 2.24) is 10.2 Å². The van der Waals surface area contributed by atoms with Gasteiger partial charge < -0.3 is 10.2 Å². The fraction of sp³-hybridized carbons (Fsp3) is 0.364. The van der Waals surface area contributed by atoms with Crippen molar-refractivity contribution in [3.63, 3.8) is 0 Å². The predicted octanol–water partition coefficient (Wildman–Crippen LogP) is 4.98. The maximum Gasteiger partial charge on any atom is 0.242 e. The first-order chi connectivity index (χ1) is 13.0. The van der Waals surface area contributed by atoms with Gasteiger partial charge in [-0.05, 0) is 63.1 Å². The average Bonchev–Trinajstić information content (AvgIpc) is 2.57. The van der Waals surface area contributed by atoms with E-state index in [4.69, 9.17) is 11.6 Å². The summed E-state index contributed by atoms with van der Waals surface area (Å²) in [6.07, 6.45) is 0.182. The van der Waals surface area contributed by atoms with Crippen molar-refractivity contribution in [2.24, 2.45) is 0 Å². The molecule has 0 saturated carbocycles. The predicted molar refractivity (Wildman–Crippen MR) is 117 cm³/mol. The van der Waals surface area contributed by atoms with Gasteiger partial charge >= 0.3 is 0 Å². The van der Waals surface area contributed by atoms with E-state index >= 15 is 0 Å². The zero-order valence-electron chi connectivity index (χ0n) is 16.6. The number of amides is 2. The molecule has 0 radical (unpaired) electrons. The molecule has 2 aromatic rings. The van der Waals surface area contributed by atoms with Crippen molar-refractivity contribution in [3.05, 3.63) is 69.2 Å². The second-order valence-electron chi connectivity index (χ2n) is 7.87. The summed E-state index contributed by atoms with van der Waals surface area (Å²) in [7, 11) is 0. The standard InChI is InChI=1S/C22H26BrClN2O2/c1-15(21(28)25-22(2,3)4)26(14-17-8-5-9-18(23)11-17)20(27)13-16-7-6-10-19(24)12-16/h5-12,15H,13-14H2,1-4H3,(H,25,28)/t15-/m1/s1. The van der Waals surface area contributed by atoms with Crippen LogP contribution in [0.4, 0.5) is 0 Å². The van der Waals surface area contributed by atoms with Crippen LogP contribution >= 0.6 is 27.5 Å². The minimum absolute atomic E-state index is 0.126. The van der Waals surface area contributed by atoms with E-state index in [1.54, 1.807) is 24.0 Å². The van der Waals surface area contributed by atoms with Crippen LogP contribution in [0.3, 0.4) is 0 Å². The number of carbonyl (C=O) groups is 2. The molecule has 0 aromatic heterocycles. The Kier molecular flexibility index (Phi) is 7.67. The number of nitrogens with one attached hydrogen (secondary N) is 1. The van der Waals surface area contributed by atoms with Gasteiger partial charge in [-0.25, -0.2) is 0 Å². The molecular formula is C22H26BrClN2O2. The summed E-state index contributed by atoms with van der Waals surface area (Å²) in [5, 5.41) is 3.55. The van der Waals surface area contributed by atoms with Gasteiger partial charge in [0.05, 0.1) is 6.42 Å². The molecular weight excluding hydrogens is 440 g/mol. The third-order valence-corrected chi connectivity index (χ3v) is 4.88. The van der Waals surface area contributed by atoms with Crippen LogP contribution in [0.2, 0.25) is 5.02 Å². The molecule has 0 bridgehead atoms. The molecule has 0 aliphatic carbocycles. The highest BCUT2D eigenvalue weighted by Crippen LogP contribution is 2.18. The van der Waals surface area contributed by atoms with Gasteiger partial charge in [0.25, 0.3) is 0 Å². The summed E-state index contributed by atoms with van der Waals surface area (Å²) in [5.74, 6) is -0.305. The van der Waals surface area contributed by atoms with Gasteiger partial charge in [-0.3, -0.25) is 9.59 Å². The van der Waals surface area contributed by atoms with Gasteiger partial charge in [0, 0.05) is 21.6 Å². The van der Waals surface area contributed by atoms with Crippen LogP contribution in [0.5, 0.6) is 0 Å². The Morgan fingerprint density at radius 1 is 1.11 bits per heavy atom. The van der Waals surface area contributed by atoms with E-state index in [9.17, 15) is 9.59 Å². The minimum Gasteiger partial charge on any atom is -0.350 e. The molecule has 0 aliphatic rings. The molecule has 2 amide bonds. The second kappa shape index (κ2) is 9.57. The number of halogens is 2. The second-order valence-corrected chi connectivity index (χ2v) is 9.23. The molecule has 4 nitrogen and oxygen atoms in total. The lowest BCUT2D eigenvalue weighted by molar-refractivity contribution is -0.140. The van der Waals surface area contributed by atoms with Gasteiger partial charge in [-0.2, -0.15) is 0 Å². The molecule has 2 rings (SSSR count). The number of hydrogen-bond donors (Lipinski definition) is 1. The largest absolute Gasteiger partial charge is 0.350 e. The Balaban J connectivity index is 2.26. The van der Waals surface area contributed by atoms with Crippen molar-refractivity contribution in [1.29, 1.82) is 0 Å². The van der Waals surface area contributed by atoms with Gasteiger partial charge in [-0.1, -0.05) is 51.8 Å². The summed E-state index contributed by atoms with van der Waals surface area (Å²) in [5.41, 5.74) is 1.40. The molecule has 0 fully saturated rings. The van der Waals surface area contributed by atoms with Crippen LogP contribution in [0, 0.1) is 0 Å². The van der Waals surface area contributed by atoms with E-state index in [-0.39, 0.29) is 23.8 Å². The summed E-state index contributed by atoms with van der Waals surface area (Å²) in [6, 6.07) is 14.4. The van der Waals surface area contributed by atoms with E-state index in [1.165, 1.54) is 0 Å². The third-order valence-electron chi connectivity index (χ3n) is 4.15. The Bertz CT molecular complexity index is 848. The number of rotatable bonds is 6. The van der Waals surface area contributed by atoms with Crippen LogP contribution in [0.25, 0.3) is 0 Å². The molecule has 0 unspecified atom stereocenters. The number of nitrogens with zero attached hydrogens (tertiary/aromatic N) is 1. The fourth-order valence-electron chi connectivity index (χ4n) is 2.81. The number of carbonyl (C=O) groups excluding carboxylic acids is 2. The van der Waals surface area contributed by atoms with Crippen molar-refractivity contribution in [2.45, 2.75) is 52.2 Å². The van der Waals surface area contributed by atoms with Crippen molar-refractivity contribution < 1.29 is 9.59 Å². The Labute approximate surface area is 180 Å². The van der Waals surface area contributed by atoms with E-state index in [2.05, 4.69) is 21.2 Å². The quantitative estimate of drug-likeness (QED) is 0.654. The molecule has 2 aromatic carbocycles. The fourth-order valence-corrected chi connectivity index (χ4v) is 3.47. The van der Waals surface area contributed by atoms with Gasteiger partial charge in [0.2, 0.25) is 11.8 Å². The minimum atomic E-state index is -0.607. The molecule has 1 N–H and O–H groups in total. The van der Waals surface area contributed by atoms with E-state index < -0.39 is 6.04 Å². The SMILES string of the molecule is C[C@H](C(=O)NC(C)(C)C)N(Cc1cccc(Br)c1)C(=O)Cc1cccc(Cl)c1. The molecule has 150 valence electrons. The highest BCUT2D eigenvalue weighted by molar-refractivity contribution is 9.10. The molecule has 0 heterocycles. The maximum atomic E-state index is 13.1. The van der Waals surface area contributed by atoms with Gasteiger partial charge in [0.1, 0.15) is 6.04 Å². The summed E-state index contributed by atoms with van der Waals surface area (Å²) in [4.78, 5) is 27.5. The summed E-state index contributed by atoms with van der Waals surface area (Å²) >= 11 is 9.51. The zero-order chi connectivity index (χ0) is 20.9. The normalized spacial score (nSPS) is 12.4. The van der Waals surface area contributed by atoms with Crippen molar-refractivity contribution in [2.75, 3.05) is 0 Å². The first kappa shape index (κ1) is 22.4. The third kappa shape index (κ3) is 6.95. The first-order valence-corrected chi connectivity index (χ1v) is 10.3. The summed E-state index contributed by atoms with van der Waals surface area (Å²) < 4.78 is 0.930. The van der Waals surface area contributed by atoms with E-state index in [0.717, 1.165) is 15.6 Å². The number of hydrogen-bond acceptors (Lipinski definition) is 2. The highest BCUT2D eigenvalue weighted by atomic mass is 79.9. The average molecular weight is 466 g/mol. The van der Waals surface area contributed by atoms with E-state index in [1.807, 2.05) is 57.2 Å². The van der Waals surface area contributed by atoms with Crippen LogP contribution in [0.1, 0.15) is 38.8 Å². The molecule has 0 saturated heterocycles. The van der Waals surface area contributed by atoms with Crippen molar-refractivity contribution in [3.8, 4) is 0 Å². The maximum absolute atomic E-state index is 13.1. The topological polar surface area (TPSA) is 49.4 Å². The van der Waals surface area contributed by atoms with Crippen LogP contribution < -0.4 is 5.32 Å². The monoisotopic (exact) mass is 464 g/mol. The lowest BCUT2D eigenvalue weighted by atomic mass is 10.1. The van der Waals surface area contributed by atoms with Gasteiger partial charge in [0.15, 0.2) is 0 Å². The smallest absolute Gasteiger partial charge is 0.242 e. The Hall–Kier alpha value is -1.85. The number of benzene rings is 2. The lowest BCUT2D eigenvalue weighted by Crippen LogP contribution is -2.52. The summed E-state index contributed by atoms with van der Waals surface area (Å²) in [6.45, 7) is 7.87. The van der Waals surface area contributed by atoms with Crippen LogP contribution in [-0.2, 0) is 22.6 Å².